The molecule has 1 N–H and O–H groups in total. The number of hydrazone groups is 1. The van der Waals surface area contributed by atoms with Crippen molar-refractivity contribution in [3.05, 3.63) is 42.2 Å². The minimum Gasteiger partial charge on any atom is -0.448 e. The molecule has 0 atom stereocenters. The van der Waals surface area contributed by atoms with Crippen molar-refractivity contribution in [2.75, 3.05) is 0 Å². The number of furan rings is 1. The van der Waals surface area contributed by atoms with Gasteiger partial charge in [0, 0.05) is 6.42 Å². The van der Waals surface area contributed by atoms with E-state index in [9.17, 15) is 4.79 Å². The lowest BCUT2D eigenvalue weighted by atomic mass is 10.2. The third-order valence-electron chi connectivity index (χ3n) is 3.20. The third kappa shape index (κ3) is 4.46. The summed E-state index contributed by atoms with van der Waals surface area (Å²) >= 11 is 3.11. The summed E-state index contributed by atoms with van der Waals surface area (Å²) in [6.45, 7) is 2.05. The fourth-order valence-corrected chi connectivity index (χ4v) is 3.97. The number of benzene rings is 1. The maximum Gasteiger partial charge on any atom is 0.240 e. The molecule has 0 bridgehead atoms. The number of para-hydroxylation sites is 1. The zero-order chi connectivity index (χ0) is 16.8. The van der Waals surface area contributed by atoms with Crippen molar-refractivity contribution < 1.29 is 9.21 Å². The molecule has 0 unspecified atom stereocenters. The second-order valence-corrected chi connectivity index (χ2v) is 7.39. The highest BCUT2D eigenvalue weighted by Crippen LogP contribution is 2.34. The molecule has 1 amide bonds. The van der Waals surface area contributed by atoms with Crippen molar-refractivity contribution in [3.63, 3.8) is 0 Å². The van der Waals surface area contributed by atoms with Gasteiger partial charge in [0.05, 0.1) is 16.4 Å². The minimum absolute atomic E-state index is 0.0799. The number of nitrogens with one attached hydrogen (secondary N) is 1. The fourth-order valence-electron chi connectivity index (χ4n) is 2.00. The van der Waals surface area contributed by atoms with Crippen molar-refractivity contribution in [1.29, 1.82) is 0 Å². The number of carbonyl (C=O) groups excluding carboxylic acids is 1. The lowest BCUT2D eigenvalue weighted by Crippen LogP contribution is -2.16. The van der Waals surface area contributed by atoms with Crippen molar-refractivity contribution in [2.24, 2.45) is 5.10 Å². The molecule has 0 aliphatic heterocycles. The van der Waals surface area contributed by atoms with Gasteiger partial charge >= 0.3 is 0 Å². The lowest BCUT2D eigenvalue weighted by molar-refractivity contribution is -0.121. The van der Waals surface area contributed by atoms with Gasteiger partial charge in [0.25, 0.3) is 0 Å². The van der Waals surface area contributed by atoms with Gasteiger partial charge in [-0.1, -0.05) is 25.5 Å². The Labute approximate surface area is 148 Å². The Balaban J connectivity index is 1.58. The Morgan fingerprint density at radius 2 is 2.25 bits per heavy atom. The number of carbonyl (C=O) groups is 1. The van der Waals surface area contributed by atoms with Gasteiger partial charge in [-0.2, -0.15) is 5.10 Å². The second kappa shape index (κ2) is 8.12. The van der Waals surface area contributed by atoms with E-state index in [-0.39, 0.29) is 5.91 Å². The summed E-state index contributed by atoms with van der Waals surface area (Å²) in [5.74, 6) is 0.512. The van der Waals surface area contributed by atoms with Crippen LogP contribution in [0.2, 0.25) is 0 Å². The van der Waals surface area contributed by atoms with Crippen LogP contribution in [0, 0.1) is 0 Å². The Bertz CT molecular complexity index is 821. The predicted molar refractivity (Wildman–Crippen MR) is 97.7 cm³/mol. The number of fused-ring (bicyclic) bond motifs is 1. The van der Waals surface area contributed by atoms with E-state index in [4.69, 9.17) is 4.42 Å². The van der Waals surface area contributed by atoms with E-state index in [1.165, 1.54) is 18.0 Å². The average molecular weight is 359 g/mol. The molecule has 2 aromatic heterocycles. The van der Waals surface area contributed by atoms with Crippen LogP contribution in [0.4, 0.5) is 0 Å². The average Bonchev–Trinajstić information content (AvgIpc) is 3.19. The summed E-state index contributed by atoms with van der Waals surface area (Å²) < 4.78 is 7.76. The SMILES string of the molecule is CCCCC(=O)NN=Cc1ccc(Sc2nc3ccccc3s2)o1. The summed E-state index contributed by atoms with van der Waals surface area (Å²) in [5, 5.41) is 4.65. The van der Waals surface area contributed by atoms with Gasteiger partial charge in [-0.05, 0) is 42.4 Å². The highest BCUT2D eigenvalue weighted by molar-refractivity contribution is 8.01. The van der Waals surface area contributed by atoms with E-state index in [0.717, 1.165) is 32.5 Å². The van der Waals surface area contributed by atoms with Crippen LogP contribution < -0.4 is 5.43 Å². The van der Waals surface area contributed by atoms with E-state index >= 15 is 0 Å². The van der Waals surface area contributed by atoms with Crippen molar-refractivity contribution >= 4 is 45.4 Å². The van der Waals surface area contributed by atoms with Crippen LogP contribution in [0.5, 0.6) is 0 Å². The second-order valence-electron chi connectivity index (χ2n) is 5.10. The summed E-state index contributed by atoms with van der Waals surface area (Å²) in [6.07, 6.45) is 3.85. The first-order valence-electron chi connectivity index (χ1n) is 7.70. The molecule has 0 aliphatic carbocycles. The topological polar surface area (TPSA) is 67.5 Å². The van der Waals surface area contributed by atoms with Gasteiger partial charge in [0.1, 0.15) is 5.76 Å². The molecule has 3 rings (SSSR count). The lowest BCUT2D eigenvalue weighted by Gasteiger charge is -1.96. The maximum atomic E-state index is 11.5. The number of rotatable bonds is 7. The molecule has 0 radical (unpaired) electrons. The number of unbranched alkanes of at least 4 members (excludes halogenated alkanes) is 1. The number of nitrogens with zero attached hydrogens (tertiary/aromatic N) is 2. The molecule has 5 nitrogen and oxygen atoms in total. The largest absolute Gasteiger partial charge is 0.448 e. The maximum absolute atomic E-state index is 11.5. The van der Waals surface area contributed by atoms with Gasteiger partial charge in [-0.15, -0.1) is 11.3 Å². The number of hydrogen-bond donors (Lipinski definition) is 1. The Morgan fingerprint density at radius 1 is 1.38 bits per heavy atom. The number of hydrogen-bond acceptors (Lipinski definition) is 6. The molecule has 3 aromatic rings. The Kier molecular flexibility index (Phi) is 5.66. The first kappa shape index (κ1) is 16.7. The molecule has 0 aliphatic rings. The van der Waals surface area contributed by atoms with Crippen LogP contribution in [0.1, 0.15) is 31.9 Å². The van der Waals surface area contributed by atoms with E-state index in [1.807, 2.05) is 37.3 Å². The van der Waals surface area contributed by atoms with Gasteiger partial charge in [0.15, 0.2) is 9.43 Å². The van der Waals surface area contributed by atoms with E-state index in [1.54, 1.807) is 11.3 Å². The summed E-state index contributed by atoms with van der Waals surface area (Å²) in [6, 6.07) is 11.7. The smallest absolute Gasteiger partial charge is 0.240 e. The highest BCUT2D eigenvalue weighted by Gasteiger charge is 2.08. The Morgan fingerprint density at radius 3 is 3.08 bits per heavy atom. The van der Waals surface area contributed by atoms with Crippen LogP contribution in [0.25, 0.3) is 10.2 Å². The molecule has 0 fully saturated rings. The van der Waals surface area contributed by atoms with Crippen LogP contribution in [0.3, 0.4) is 0 Å². The first-order valence-corrected chi connectivity index (χ1v) is 9.33. The van der Waals surface area contributed by atoms with Crippen LogP contribution in [-0.4, -0.2) is 17.1 Å². The zero-order valence-corrected chi connectivity index (χ0v) is 14.8. The first-order chi connectivity index (χ1) is 11.7. The number of aromatic nitrogens is 1. The van der Waals surface area contributed by atoms with Crippen molar-refractivity contribution in [1.82, 2.24) is 10.4 Å². The molecule has 2 heterocycles. The zero-order valence-electron chi connectivity index (χ0n) is 13.2. The number of thiazole rings is 1. The van der Waals surface area contributed by atoms with Gasteiger partial charge in [-0.25, -0.2) is 10.4 Å². The molecule has 0 saturated carbocycles. The molecule has 1 aromatic carbocycles. The van der Waals surface area contributed by atoms with Crippen molar-refractivity contribution in [3.8, 4) is 0 Å². The molecule has 0 saturated heterocycles. The fraction of sp³-hybridized carbons (Fsp3) is 0.235. The van der Waals surface area contributed by atoms with Gasteiger partial charge in [-0.3, -0.25) is 4.79 Å². The van der Waals surface area contributed by atoms with E-state index in [0.29, 0.717) is 12.2 Å². The third-order valence-corrected chi connectivity index (χ3v) is 5.22. The van der Waals surface area contributed by atoms with E-state index < -0.39 is 0 Å². The minimum atomic E-state index is -0.0799. The normalized spacial score (nSPS) is 11.4. The molecule has 124 valence electrons. The quantitative estimate of drug-likeness (QED) is 0.491. The van der Waals surface area contributed by atoms with Crippen LogP contribution in [0.15, 0.2) is 55.3 Å². The molecule has 0 spiro atoms. The van der Waals surface area contributed by atoms with Gasteiger partial charge < -0.3 is 4.42 Å². The van der Waals surface area contributed by atoms with E-state index in [2.05, 4.69) is 21.6 Å². The van der Waals surface area contributed by atoms with Crippen LogP contribution >= 0.6 is 23.1 Å². The Hall–Kier alpha value is -2.12. The summed E-state index contributed by atoms with van der Waals surface area (Å²) in [4.78, 5) is 16.0. The molecule has 7 heteroatoms. The summed E-state index contributed by atoms with van der Waals surface area (Å²) in [7, 11) is 0. The predicted octanol–water partition coefficient (Wildman–Crippen LogP) is 4.68. The molecular weight excluding hydrogens is 342 g/mol. The van der Waals surface area contributed by atoms with Crippen LogP contribution in [-0.2, 0) is 4.79 Å². The standard InChI is InChI=1S/C17H17N3O2S2/c1-2-3-8-15(21)20-18-11-12-9-10-16(22-12)24-17-19-13-6-4-5-7-14(13)23-17/h4-7,9-11H,2-3,8H2,1H3,(H,20,21). The van der Waals surface area contributed by atoms with Gasteiger partial charge in [0.2, 0.25) is 5.91 Å². The number of amides is 1. The highest BCUT2D eigenvalue weighted by atomic mass is 32.2. The summed E-state index contributed by atoms with van der Waals surface area (Å²) in [5.41, 5.74) is 3.49. The monoisotopic (exact) mass is 359 g/mol. The van der Waals surface area contributed by atoms with Crippen molar-refractivity contribution in [2.45, 2.75) is 35.6 Å². The molecular formula is C17H17N3O2S2. The molecule has 24 heavy (non-hydrogen) atoms.